The number of hydrogen-bond acceptors (Lipinski definition) is 2. The van der Waals surface area contributed by atoms with Crippen LogP contribution in [0.15, 0.2) is 0 Å². The Hall–Kier alpha value is -0.0800. The lowest BCUT2D eigenvalue weighted by Crippen LogP contribution is -2.33. The molecule has 1 saturated carbocycles. The zero-order chi connectivity index (χ0) is 7.56. The topological polar surface area (TPSA) is 46.2 Å². The van der Waals surface area contributed by atoms with Gasteiger partial charge in [-0.3, -0.25) is 0 Å². The van der Waals surface area contributed by atoms with E-state index < -0.39 is 0 Å². The van der Waals surface area contributed by atoms with Crippen molar-refractivity contribution in [2.75, 3.05) is 0 Å². The van der Waals surface area contributed by atoms with E-state index >= 15 is 0 Å². The first-order valence-electron chi connectivity index (χ1n) is 4.14. The monoisotopic (exact) mass is 143 g/mol. The third kappa shape index (κ3) is 1.96. The SMILES string of the molecule is CC1CC[C@@H](N)[C@H](O)CC1. The van der Waals surface area contributed by atoms with Crippen LogP contribution in [0.25, 0.3) is 0 Å². The Balaban J connectivity index is 2.38. The molecule has 0 spiro atoms. The molecule has 0 heterocycles. The van der Waals surface area contributed by atoms with Crippen molar-refractivity contribution in [1.82, 2.24) is 0 Å². The lowest BCUT2D eigenvalue weighted by atomic mass is 10.0. The molecule has 10 heavy (non-hydrogen) atoms. The van der Waals surface area contributed by atoms with Gasteiger partial charge < -0.3 is 10.8 Å². The summed E-state index contributed by atoms with van der Waals surface area (Å²) in [6.45, 7) is 2.23. The van der Waals surface area contributed by atoms with Crippen LogP contribution in [0.5, 0.6) is 0 Å². The van der Waals surface area contributed by atoms with Crippen LogP contribution in [-0.2, 0) is 0 Å². The molecule has 2 nitrogen and oxygen atoms in total. The van der Waals surface area contributed by atoms with Crippen LogP contribution in [0.1, 0.15) is 32.6 Å². The molecular formula is C8H17NO. The van der Waals surface area contributed by atoms with Gasteiger partial charge in [0.1, 0.15) is 0 Å². The Morgan fingerprint density at radius 1 is 1.20 bits per heavy atom. The quantitative estimate of drug-likeness (QED) is 0.494. The molecule has 0 amide bonds. The number of rotatable bonds is 0. The van der Waals surface area contributed by atoms with E-state index in [4.69, 9.17) is 5.73 Å². The first kappa shape index (κ1) is 8.02. The van der Waals surface area contributed by atoms with E-state index in [0.29, 0.717) is 0 Å². The Labute approximate surface area is 62.4 Å². The summed E-state index contributed by atoms with van der Waals surface area (Å²) >= 11 is 0. The van der Waals surface area contributed by atoms with Crippen LogP contribution in [0.2, 0.25) is 0 Å². The molecule has 3 N–H and O–H groups in total. The van der Waals surface area contributed by atoms with Crippen LogP contribution in [-0.4, -0.2) is 17.3 Å². The summed E-state index contributed by atoms with van der Waals surface area (Å²) in [7, 11) is 0. The van der Waals surface area contributed by atoms with Gasteiger partial charge >= 0.3 is 0 Å². The van der Waals surface area contributed by atoms with Crippen molar-refractivity contribution in [1.29, 1.82) is 0 Å². The molecule has 2 heteroatoms. The maximum Gasteiger partial charge on any atom is 0.0691 e. The van der Waals surface area contributed by atoms with Gasteiger partial charge in [-0.15, -0.1) is 0 Å². The summed E-state index contributed by atoms with van der Waals surface area (Å²) in [5.74, 6) is 0.753. The van der Waals surface area contributed by atoms with Crippen LogP contribution in [0.4, 0.5) is 0 Å². The second-order valence-electron chi connectivity index (χ2n) is 3.49. The fourth-order valence-corrected chi connectivity index (χ4v) is 1.48. The summed E-state index contributed by atoms with van der Waals surface area (Å²) < 4.78 is 0. The fraction of sp³-hybridized carbons (Fsp3) is 1.00. The average Bonchev–Trinajstić information content (AvgIpc) is 2.04. The molecule has 0 aromatic carbocycles. The van der Waals surface area contributed by atoms with Gasteiger partial charge in [0, 0.05) is 6.04 Å². The minimum atomic E-state index is -0.245. The summed E-state index contributed by atoms with van der Waals surface area (Å²) in [6.07, 6.45) is 3.95. The van der Waals surface area contributed by atoms with Gasteiger partial charge in [0.2, 0.25) is 0 Å². The van der Waals surface area contributed by atoms with Gasteiger partial charge in [-0.2, -0.15) is 0 Å². The zero-order valence-corrected chi connectivity index (χ0v) is 6.59. The van der Waals surface area contributed by atoms with Crippen LogP contribution < -0.4 is 5.73 Å². The molecule has 1 aliphatic carbocycles. The minimum absolute atomic E-state index is 0.0324. The highest BCUT2D eigenvalue weighted by Crippen LogP contribution is 2.21. The molecule has 1 rings (SSSR count). The van der Waals surface area contributed by atoms with Crippen LogP contribution >= 0.6 is 0 Å². The van der Waals surface area contributed by atoms with Crippen molar-refractivity contribution in [2.24, 2.45) is 11.7 Å². The van der Waals surface area contributed by atoms with E-state index in [2.05, 4.69) is 6.92 Å². The van der Waals surface area contributed by atoms with Gasteiger partial charge in [-0.05, 0) is 31.6 Å². The summed E-state index contributed by atoms with van der Waals surface area (Å²) in [5, 5.41) is 9.35. The number of hydrogen-bond donors (Lipinski definition) is 2. The van der Waals surface area contributed by atoms with E-state index in [1.54, 1.807) is 0 Å². The Kier molecular flexibility index (Phi) is 2.69. The first-order valence-corrected chi connectivity index (χ1v) is 4.14. The standard InChI is InChI=1S/C8H17NO/c1-6-2-4-7(9)8(10)5-3-6/h6-8,10H,2-5,9H2,1H3/t6?,7-,8-/m1/s1. The van der Waals surface area contributed by atoms with Crippen molar-refractivity contribution in [3.05, 3.63) is 0 Å². The van der Waals surface area contributed by atoms with E-state index in [-0.39, 0.29) is 12.1 Å². The smallest absolute Gasteiger partial charge is 0.0691 e. The minimum Gasteiger partial charge on any atom is -0.392 e. The predicted molar refractivity (Wildman–Crippen MR) is 41.6 cm³/mol. The van der Waals surface area contributed by atoms with Crippen molar-refractivity contribution in [2.45, 2.75) is 44.8 Å². The third-order valence-corrected chi connectivity index (χ3v) is 2.44. The molecule has 0 bridgehead atoms. The van der Waals surface area contributed by atoms with Crippen molar-refractivity contribution < 1.29 is 5.11 Å². The van der Waals surface area contributed by atoms with E-state index in [0.717, 1.165) is 25.2 Å². The molecular weight excluding hydrogens is 126 g/mol. The molecule has 1 unspecified atom stereocenters. The molecule has 0 saturated heterocycles. The van der Waals surface area contributed by atoms with Gasteiger partial charge in [0.15, 0.2) is 0 Å². The van der Waals surface area contributed by atoms with Crippen LogP contribution in [0, 0.1) is 5.92 Å². The van der Waals surface area contributed by atoms with Gasteiger partial charge in [-0.25, -0.2) is 0 Å². The Morgan fingerprint density at radius 2 is 1.80 bits per heavy atom. The van der Waals surface area contributed by atoms with Gasteiger partial charge in [0.25, 0.3) is 0 Å². The van der Waals surface area contributed by atoms with Crippen molar-refractivity contribution >= 4 is 0 Å². The molecule has 1 fully saturated rings. The molecule has 1 aliphatic rings. The lowest BCUT2D eigenvalue weighted by Gasteiger charge is -2.13. The predicted octanol–water partition coefficient (Wildman–Crippen LogP) is 0.885. The molecule has 3 atom stereocenters. The molecule has 60 valence electrons. The fourth-order valence-electron chi connectivity index (χ4n) is 1.48. The highest BCUT2D eigenvalue weighted by molar-refractivity contribution is 4.77. The second kappa shape index (κ2) is 3.35. The zero-order valence-electron chi connectivity index (χ0n) is 6.59. The lowest BCUT2D eigenvalue weighted by molar-refractivity contribution is 0.136. The third-order valence-electron chi connectivity index (χ3n) is 2.44. The summed E-state index contributed by atoms with van der Waals surface area (Å²) in [6, 6.07) is 0.0324. The average molecular weight is 143 g/mol. The van der Waals surface area contributed by atoms with Gasteiger partial charge in [0.05, 0.1) is 6.10 Å². The number of aliphatic hydroxyl groups is 1. The Morgan fingerprint density at radius 3 is 2.50 bits per heavy atom. The normalized spacial score (nSPS) is 42.9. The summed E-state index contributed by atoms with van der Waals surface area (Å²) in [5.41, 5.74) is 5.69. The van der Waals surface area contributed by atoms with Gasteiger partial charge in [-0.1, -0.05) is 6.92 Å². The highest BCUT2D eigenvalue weighted by atomic mass is 16.3. The Bertz CT molecular complexity index is 93.4. The maximum absolute atomic E-state index is 9.35. The summed E-state index contributed by atoms with van der Waals surface area (Å²) in [4.78, 5) is 0. The van der Waals surface area contributed by atoms with E-state index in [9.17, 15) is 5.11 Å². The first-order chi connectivity index (χ1) is 4.70. The highest BCUT2D eigenvalue weighted by Gasteiger charge is 2.20. The van der Waals surface area contributed by atoms with E-state index in [1.807, 2.05) is 0 Å². The molecule has 0 aliphatic heterocycles. The van der Waals surface area contributed by atoms with Crippen molar-refractivity contribution in [3.8, 4) is 0 Å². The number of aliphatic hydroxyl groups excluding tert-OH is 1. The van der Waals surface area contributed by atoms with Crippen molar-refractivity contribution in [3.63, 3.8) is 0 Å². The van der Waals surface area contributed by atoms with Crippen LogP contribution in [0.3, 0.4) is 0 Å². The molecule has 0 radical (unpaired) electrons. The largest absolute Gasteiger partial charge is 0.392 e. The molecule has 0 aromatic rings. The maximum atomic E-state index is 9.35. The van der Waals surface area contributed by atoms with E-state index in [1.165, 1.54) is 6.42 Å². The number of nitrogens with two attached hydrogens (primary N) is 1. The molecule has 0 aromatic heterocycles. The second-order valence-corrected chi connectivity index (χ2v) is 3.49.